The third kappa shape index (κ3) is 6.88. The summed E-state index contributed by atoms with van der Waals surface area (Å²) in [6.45, 7) is 0.250. The van der Waals surface area contributed by atoms with Crippen LogP contribution in [-0.4, -0.2) is 68.4 Å². The molecule has 36 heavy (non-hydrogen) atoms. The highest BCUT2D eigenvalue weighted by Gasteiger charge is 2.54. The fourth-order valence-electron chi connectivity index (χ4n) is 3.55. The lowest BCUT2D eigenvalue weighted by molar-refractivity contribution is -0.689. The number of carbonyl (C=O) groups excluding carboxylic acids is 3. The molecular formula is C20H20N4O9S3. The summed E-state index contributed by atoms with van der Waals surface area (Å²) < 4.78 is 34.6. The van der Waals surface area contributed by atoms with E-state index >= 15 is 0 Å². The van der Waals surface area contributed by atoms with Crippen molar-refractivity contribution in [2.45, 2.75) is 24.4 Å². The number of hydrogen-bond acceptors (Lipinski definition) is 9. The number of pyridine rings is 1. The van der Waals surface area contributed by atoms with Crippen LogP contribution in [-0.2, 0) is 37.7 Å². The Morgan fingerprint density at radius 3 is 2.42 bits per heavy atom. The third-order valence-corrected chi connectivity index (χ3v) is 7.25. The van der Waals surface area contributed by atoms with E-state index in [1.54, 1.807) is 29.1 Å². The fourth-order valence-corrected chi connectivity index (χ4v) is 5.59. The van der Waals surface area contributed by atoms with E-state index in [1.165, 1.54) is 28.0 Å². The summed E-state index contributed by atoms with van der Waals surface area (Å²) >= 11 is 2.88. The molecule has 13 nitrogen and oxygen atoms in total. The van der Waals surface area contributed by atoms with Crippen LogP contribution < -0.4 is 15.6 Å². The number of thioether (sulfide) groups is 1. The summed E-state index contributed by atoms with van der Waals surface area (Å²) in [5, 5.41) is 13.9. The van der Waals surface area contributed by atoms with Gasteiger partial charge in [0.2, 0.25) is 22.2 Å². The number of amides is 3. The molecule has 0 unspecified atom stereocenters. The lowest BCUT2D eigenvalue weighted by atomic mass is 10.0. The molecule has 3 amide bonds. The molecule has 192 valence electrons. The van der Waals surface area contributed by atoms with Gasteiger partial charge >= 0.3 is 5.97 Å². The average molecular weight is 557 g/mol. The number of hydrogen-bond donors (Lipinski definition) is 4. The van der Waals surface area contributed by atoms with Gasteiger partial charge in [-0.1, -0.05) is 6.07 Å². The minimum Gasteiger partial charge on any atom is -0.726 e. The molecule has 1 saturated heterocycles. The van der Waals surface area contributed by atoms with Crippen LogP contribution in [0, 0.1) is 0 Å². The van der Waals surface area contributed by atoms with Crippen molar-refractivity contribution in [3.05, 3.63) is 63.7 Å². The van der Waals surface area contributed by atoms with Crippen LogP contribution in [0.15, 0.2) is 53.3 Å². The predicted octanol–water partition coefficient (Wildman–Crippen LogP) is -0.880. The van der Waals surface area contributed by atoms with E-state index < -0.39 is 39.6 Å². The number of nitrogens with zero attached hydrogens (tertiary/aromatic N) is 2. The first-order valence-corrected chi connectivity index (χ1v) is 13.3. The number of fused-ring (bicyclic) bond motifs is 1. The number of aliphatic carboxylic acids is 1. The zero-order valence-electron chi connectivity index (χ0n) is 18.3. The Balaban J connectivity index is 0.000000658. The fraction of sp³-hybridized carbons (Fsp3) is 0.250. The molecule has 1 fully saturated rings. The molecule has 0 radical (unpaired) electrons. The minimum atomic E-state index is -4.92. The summed E-state index contributed by atoms with van der Waals surface area (Å²) in [7, 11) is -4.92. The van der Waals surface area contributed by atoms with Crippen molar-refractivity contribution in [3.63, 3.8) is 0 Å². The maximum atomic E-state index is 12.7. The largest absolute Gasteiger partial charge is 0.726 e. The first kappa shape index (κ1) is 27.3. The summed E-state index contributed by atoms with van der Waals surface area (Å²) in [6, 6.07) is 6.06. The summed E-state index contributed by atoms with van der Waals surface area (Å²) in [5.41, 5.74) is 6.11. The Labute approximate surface area is 213 Å². The van der Waals surface area contributed by atoms with Crippen molar-refractivity contribution in [1.82, 2.24) is 10.2 Å². The second kappa shape index (κ2) is 11.2. The molecule has 2 aliphatic heterocycles. The highest BCUT2D eigenvalue weighted by molar-refractivity contribution is 8.00. The monoisotopic (exact) mass is 556 g/mol. The minimum absolute atomic E-state index is 0.0519. The molecule has 0 aromatic carbocycles. The van der Waals surface area contributed by atoms with E-state index in [0.29, 0.717) is 16.9 Å². The molecule has 0 spiro atoms. The van der Waals surface area contributed by atoms with Gasteiger partial charge in [-0.15, -0.1) is 23.1 Å². The van der Waals surface area contributed by atoms with E-state index in [4.69, 9.17) is 23.3 Å². The maximum absolute atomic E-state index is 12.7. The molecule has 2 aromatic rings. The number of β-lactam (4-membered cyclic amide) rings is 1. The van der Waals surface area contributed by atoms with Gasteiger partial charge in [0.15, 0.2) is 18.9 Å². The molecule has 16 heteroatoms. The summed E-state index contributed by atoms with van der Waals surface area (Å²) in [4.78, 5) is 50.3. The van der Waals surface area contributed by atoms with Gasteiger partial charge in [-0.05, 0) is 11.4 Å². The van der Waals surface area contributed by atoms with E-state index in [2.05, 4.69) is 5.32 Å². The molecule has 0 bridgehead atoms. The maximum Gasteiger partial charge on any atom is 0.352 e. The molecule has 4 rings (SSSR count). The van der Waals surface area contributed by atoms with Crippen LogP contribution in [0.2, 0.25) is 0 Å². The average Bonchev–Trinajstić information content (AvgIpc) is 3.29. The van der Waals surface area contributed by atoms with Gasteiger partial charge in [0.05, 0.1) is 12.0 Å². The zero-order chi connectivity index (χ0) is 26.6. The van der Waals surface area contributed by atoms with Crippen LogP contribution in [0.1, 0.15) is 15.2 Å². The molecular weight excluding hydrogens is 536 g/mol. The zero-order valence-corrected chi connectivity index (χ0v) is 20.7. The second-order valence-corrected chi connectivity index (χ2v) is 10.5. The summed E-state index contributed by atoms with van der Waals surface area (Å²) in [6.07, 6.45) is 3.45. The lowest BCUT2D eigenvalue weighted by Crippen LogP contribution is -2.70. The van der Waals surface area contributed by atoms with E-state index in [9.17, 15) is 24.3 Å². The van der Waals surface area contributed by atoms with E-state index in [-0.39, 0.29) is 24.6 Å². The number of rotatable bonds is 7. The highest BCUT2D eigenvalue weighted by Crippen LogP contribution is 2.40. The van der Waals surface area contributed by atoms with Crippen molar-refractivity contribution in [2.24, 2.45) is 5.73 Å². The predicted molar refractivity (Wildman–Crippen MR) is 125 cm³/mol. The summed E-state index contributed by atoms with van der Waals surface area (Å²) in [5.74, 6) is -2.03. The van der Waals surface area contributed by atoms with Gasteiger partial charge in [-0.25, -0.2) is 17.8 Å². The second-order valence-electron chi connectivity index (χ2n) is 7.52. The Hall–Kier alpha value is -3.31. The molecule has 5 N–H and O–H groups in total. The van der Waals surface area contributed by atoms with Gasteiger partial charge in [-0.3, -0.25) is 23.8 Å². The number of aromatic nitrogens is 1. The van der Waals surface area contributed by atoms with Crippen LogP contribution in [0.3, 0.4) is 0 Å². The molecule has 0 saturated carbocycles. The third-order valence-electron chi connectivity index (χ3n) is 5.03. The quantitative estimate of drug-likeness (QED) is 0.143. The molecule has 2 aromatic heterocycles. The molecule has 4 heterocycles. The van der Waals surface area contributed by atoms with Crippen molar-refractivity contribution in [3.8, 4) is 0 Å². The van der Waals surface area contributed by atoms with Gasteiger partial charge in [0, 0.05) is 28.3 Å². The molecule has 2 aliphatic rings. The van der Waals surface area contributed by atoms with Crippen LogP contribution >= 0.6 is 23.1 Å². The number of primary amides is 1. The van der Waals surface area contributed by atoms with Crippen LogP contribution in [0.25, 0.3) is 0 Å². The van der Waals surface area contributed by atoms with Gasteiger partial charge in [0.25, 0.3) is 5.91 Å². The first-order valence-electron chi connectivity index (χ1n) is 10.0. The van der Waals surface area contributed by atoms with Gasteiger partial charge < -0.3 is 20.7 Å². The number of carboxylic acid groups (broad SMARTS) is 1. The van der Waals surface area contributed by atoms with Crippen molar-refractivity contribution in [1.29, 1.82) is 0 Å². The van der Waals surface area contributed by atoms with Crippen molar-refractivity contribution >= 4 is 57.2 Å². The molecule has 2 atom stereocenters. The van der Waals surface area contributed by atoms with E-state index in [1.807, 2.05) is 17.5 Å². The SMILES string of the molecule is NC(=O)c1cc[n+](CC2=C(C(=O)O)N3C(=O)[C@@H](NC(=O)Cc4cccs4)[C@H]3SC2)cc1.O=S(=O)([O-])O. The van der Waals surface area contributed by atoms with Crippen LogP contribution in [0.5, 0.6) is 0 Å². The number of carboxylic acids is 1. The standard InChI is InChI=1S/C20H18N4O5S2.H2O4S/c21-17(26)11-3-5-23(6-4-11)9-12-10-31-19-15(18(27)24(19)16(12)20(28)29)22-14(25)8-13-2-1-7-30-13;1-5(2,3)4/h1-7,15,19H,8-10H2,(H3-,21,22,25,26,28,29);(H2,1,2,3,4)/t15-,19-;/m1./s1. The number of thiophene rings is 1. The Morgan fingerprint density at radius 1 is 1.25 bits per heavy atom. The van der Waals surface area contributed by atoms with Crippen LogP contribution in [0.4, 0.5) is 0 Å². The highest BCUT2D eigenvalue weighted by atomic mass is 32.3. The number of carbonyl (C=O) groups is 4. The Kier molecular flexibility index (Phi) is 8.47. The van der Waals surface area contributed by atoms with Crippen molar-refractivity contribution in [2.75, 3.05) is 5.75 Å². The number of nitrogens with two attached hydrogens (primary N) is 1. The number of nitrogens with one attached hydrogen (secondary N) is 1. The van der Waals surface area contributed by atoms with Gasteiger partial charge in [0.1, 0.15) is 17.1 Å². The van der Waals surface area contributed by atoms with Gasteiger partial charge in [-0.2, -0.15) is 0 Å². The molecule has 0 aliphatic carbocycles. The topological polar surface area (TPSA) is 211 Å². The normalized spacial score (nSPS) is 18.9. The first-order chi connectivity index (χ1) is 16.8. The lowest BCUT2D eigenvalue weighted by Gasteiger charge is -2.49. The smallest absolute Gasteiger partial charge is 0.352 e. The van der Waals surface area contributed by atoms with E-state index in [0.717, 1.165) is 4.88 Å². The van der Waals surface area contributed by atoms with Crippen molar-refractivity contribution < 1.29 is 46.4 Å². The Bertz CT molecular complexity index is 1300. The Morgan fingerprint density at radius 2 is 1.89 bits per heavy atom.